The molecule has 0 bridgehead atoms. The molecule has 3 atom stereocenters. The Labute approximate surface area is 180 Å². The van der Waals surface area contributed by atoms with E-state index >= 15 is 0 Å². The monoisotopic (exact) mass is 431 g/mol. The summed E-state index contributed by atoms with van der Waals surface area (Å²) in [6.07, 6.45) is 7.06. The number of likely N-dealkylation sites (N-methyl/N-ethyl adjacent to an activating group) is 1. The van der Waals surface area contributed by atoms with Crippen LogP contribution in [0.4, 0.5) is 0 Å². The Hall–Kier alpha value is -1.89. The van der Waals surface area contributed by atoms with Gasteiger partial charge >= 0.3 is 0 Å². The van der Waals surface area contributed by atoms with Crippen molar-refractivity contribution in [1.82, 2.24) is 4.90 Å². The van der Waals surface area contributed by atoms with Gasteiger partial charge in [-0.1, -0.05) is 36.4 Å². The van der Waals surface area contributed by atoms with E-state index in [2.05, 4.69) is 60.5 Å². The number of fused-ring (bicyclic) bond motifs is 3. The van der Waals surface area contributed by atoms with Crippen LogP contribution in [0.3, 0.4) is 0 Å². The van der Waals surface area contributed by atoms with Crippen LogP contribution in [0.5, 0.6) is 5.75 Å². The fourth-order valence-electron chi connectivity index (χ4n) is 5.10. The molecule has 6 heteroatoms. The van der Waals surface area contributed by atoms with Crippen LogP contribution in [0.1, 0.15) is 41.9 Å². The lowest BCUT2D eigenvalue weighted by Gasteiger charge is -2.31. The number of ether oxygens (including phenoxy) is 1. The minimum Gasteiger partial charge on any atom is -0.497 e. The second-order valence-electron chi connectivity index (χ2n) is 8.49. The summed E-state index contributed by atoms with van der Waals surface area (Å²) in [6.45, 7) is 1.21. The van der Waals surface area contributed by atoms with Gasteiger partial charge in [-0.3, -0.25) is 4.55 Å². The van der Waals surface area contributed by atoms with E-state index in [1.54, 1.807) is 12.7 Å². The molecule has 2 aliphatic rings. The molecule has 5 nitrogen and oxygen atoms in total. The largest absolute Gasteiger partial charge is 0.497 e. The second kappa shape index (κ2) is 9.94. The third-order valence-electron chi connectivity index (χ3n) is 6.37. The minimum absolute atomic E-state index is 0.710. The summed E-state index contributed by atoms with van der Waals surface area (Å²) < 4.78 is 31.3. The highest BCUT2D eigenvalue weighted by atomic mass is 32.2. The van der Waals surface area contributed by atoms with Gasteiger partial charge in [0, 0.05) is 18.5 Å². The van der Waals surface area contributed by atoms with Crippen molar-refractivity contribution < 1.29 is 17.7 Å². The van der Waals surface area contributed by atoms with Gasteiger partial charge in [0.2, 0.25) is 0 Å². The van der Waals surface area contributed by atoms with Gasteiger partial charge < -0.3 is 9.64 Å². The number of benzene rings is 2. The summed E-state index contributed by atoms with van der Waals surface area (Å²) >= 11 is 0. The molecule has 2 aromatic rings. The minimum atomic E-state index is -3.67. The molecule has 2 aromatic carbocycles. The van der Waals surface area contributed by atoms with E-state index in [4.69, 9.17) is 9.29 Å². The van der Waals surface area contributed by atoms with E-state index in [-0.39, 0.29) is 0 Å². The van der Waals surface area contributed by atoms with Crippen LogP contribution in [0.25, 0.3) is 0 Å². The van der Waals surface area contributed by atoms with Crippen molar-refractivity contribution in [3.8, 4) is 5.75 Å². The van der Waals surface area contributed by atoms with Crippen LogP contribution in [-0.2, 0) is 23.0 Å². The molecule has 1 heterocycles. The lowest BCUT2D eigenvalue weighted by Crippen LogP contribution is -2.30. The molecule has 1 fully saturated rings. The molecule has 0 amide bonds. The molecule has 0 aromatic heterocycles. The van der Waals surface area contributed by atoms with Crippen LogP contribution in [0.2, 0.25) is 0 Å². The zero-order valence-corrected chi connectivity index (χ0v) is 18.9. The van der Waals surface area contributed by atoms with Crippen LogP contribution in [-0.4, -0.2) is 50.9 Å². The van der Waals surface area contributed by atoms with Crippen LogP contribution >= 0.6 is 0 Å². The maximum atomic E-state index is 9.19. The normalized spacial score (nSPS) is 23.1. The highest BCUT2D eigenvalue weighted by Crippen LogP contribution is 2.46. The topological polar surface area (TPSA) is 66.8 Å². The van der Waals surface area contributed by atoms with Crippen molar-refractivity contribution >= 4 is 10.1 Å². The summed E-state index contributed by atoms with van der Waals surface area (Å²) in [7, 11) is 0.425. The number of methoxy groups -OCH3 is 1. The number of hydrogen-bond donors (Lipinski definition) is 1. The van der Waals surface area contributed by atoms with Gasteiger partial charge in [-0.2, -0.15) is 8.42 Å². The zero-order valence-electron chi connectivity index (χ0n) is 18.1. The van der Waals surface area contributed by atoms with Gasteiger partial charge in [0.25, 0.3) is 10.1 Å². The molecule has 1 unspecified atom stereocenters. The van der Waals surface area contributed by atoms with E-state index in [1.165, 1.54) is 49.8 Å². The Bertz CT molecular complexity index is 921. The Morgan fingerprint density at radius 3 is 2.53 bits per heavy atom. The van der Waals surface area contributed by atoms with Crippen molar-refractivity contribution in [2.45, 2.75) is 44.1 Å². The highest BCUT2D eigenvalue weighted by molar-refractivity contribution is 7.85. The van der Waals surface area contributed by atoms with Crippen LogP contribution in [0.15, 0.2) is 48.5 Å². The van der Waals surface area contributed by atoms with Gasteiger partial charge in [-0.25, -0.2) is 0 Å². The molecule has 1 N–H and O–H groups in total. The Morgan fingerprint density at radius 2 is 1.87 bits per heavy atom. The Balaban J connectivity index is 0.000000461. The van der Waals surface area contributed by atoms with Crippen LogP contribution in [0, 0.1) is 5.92 Å². The summed E-state index contributed by atoms with van der Waals surface area (Å²) in [6, 6.07) is 18.4. The molecule has 1 aliphatic heterocycles. The Morgan fingerprint density at radius 1 is 1.17 bits per heavy atom. The second-order valence-corrected chi connectivity index (χ2v) is 9.96. The first kappa shape index (κ1) is 22.8. The van der Waals surface area contributed by atoms with Crippen molar-refractivity contribution in [3.05, 3.63) is 65.2 Å². The van der Waals surface area contributed by atoms with Crippen molar-refractivity contribution in [3.63, 3.8) is 0 Å². The smallest absolute Gasteiger partial charge is 0.261 e. The molecule has 0 spiro atoms. The zero-order chi connectivity index (χ0) is 21.7. The van der Waals surface area contributed by atoms with Gasteiger partial charge in [0.1, 0.15) is 5.75 Å². The molecular formula is C24H33NO4S. The molecule has 1 aliphatic carbocycles. The molecule has 30 heavy (non-hydrogen) atoms. The van der Waals surface area contributed by atoms with Crippen molar-refractivity contribution in [1.29, 1.82) is 0 Å². The predicted octanol–water partition coefficient (Wildman–Crippen LogP) is 4.18. The van der Waals surface area contributed by atoms with Crippen molar-refractivity contribution in [2.75, 3.05) is 27.0 Å². The SMILES string of the molecule is COc1ccc2c(c1)CCC1[C@@H]2CN(C)[C@@H]1CCCc1ccccc1.CS(=O)(=O)O. The summed E-state index contributed by atoms with van der Waals surface area (Å²) in [5.41, 5.74) is 4.56. The first-order valence-electron chi connectivity index (χ1n) is 10.6. The lowest BCUT2D eigenvalue weighted by molar-refractivity contribution is 0.243. The number of rotatable bonds is 5. The van der Waals surface area contributed by atoms with Gasteiger partial charge in [0.15, 0.2) is 0 Å². The van der Waals surface area contributed by atoms with Gasteiger partial charge in [-0.05, 0) is 73.9 Å². The molecule has 4 rings (SSSR count). The van der Waals surface area contributed by atoms with E-state index in [9.17, 15) is 8.42 Å². The summed E-state index contributed by atoms with van der Waals surface area (Å²) in [4.78, 5) is 2.62. The quantitative estimate of drug-likeness (QED) is 0.720. The summed E-state index contributed by atoms with van der Waals surface area (Å²) in [5.74, 6) is 2.53. The van der Waals surface area contributed by atoms with Gasteiger partial charge in [0.05, 0.1) is 13.4 Å². The number of nitrogens with zero attached hydrogens (tertiary/aromatic N) is 1. The standard InChI is InChI=1S/C23H29NO.CH4O3S/c1-24-16-22-20-14-12-19(25-2)15-18(20)11-13-21(22)23(24)10-6-9-17-7-4-3-5-8-17;1-5(2,3)4/h3-5,7-8,12,14-15,21-23H,6,9-11,13,16H2,1-2H3;1H3,(H,2,3,4)/t21?,22-,23-;/m1./s1. The number of likely N-dealkylation sites (tertiary alicyclic amines) is 1. The Kier molecular flexibility index (Phi) is 7.55. The molecular weight excluding hydrogens is 398 g/mol. The first-order chi connectivity index (χ1) is 14.3. The number of hydrogen-bond acceptors (Lipinski definition) is 4. The van der Waals surface area contributed by atoms with E-state index < -0.39 is 10.1 Å². The average Bonchev–Trinajstić information content (AvgIpc) is 3.03. The highest BCUT2D eigenvalue weighted by Gasteiger charge is 2.42. The van der Waals surface area contributed by atoms with Crippen molar-refractivity contribution in [2.24, 2.45) is 5.92 Å². The maximum absolute atomic E-state index is 9.19. The van der Waals surface area contributed by atoms with Crippen LogP contribution < -0.4 is 4.74 Å². The fraction of sp³-hybridized carbons (Fsp3) is 0.500. The van der Waals surface area contributed by atoms with E-state index in [1.807, 2.05) is 0 Å². The maximum Gasteiger partial charge on any atom is 0.261 e. The van der Waals surface area contributed by atoms with Gasteiger partial charge in [-0.15, -0.1) is 0 Å². The number of aryl methyl sites for hydroxylation is 2. The molecule has 164 valence electrons. The van der Waals surface area contributed by atoms with E-state index in [0.29, 0.717) is 12.2 Å². The summed E-state index contributed by atoms with van der Waals surface area (Å²) in [5, 5.41) is 0. The van der Waals surface area contributed by atoms with E-state index in [0.717, 1.165) is 17.7 Å². The molecule has 0 radical (unpaired) electrons. The molecule has 1 saturated heterocycles. The fourth-order valence-corrected chi connectivity index (χ4v) is 5.10. The molecule has 0 saturated carbocycles. The average molecular weight is 432 g/mol. The predicted molar refractivity (Wildman–Crippen MR) is 121 cm³/mol. The first-order valence-corrected chi connectivity index (χ1v) is 12.4. The third-order valence-corrected chi connectivity index (χ3v) is 6.37. The lowest BCUT2D eigenvalue weighted by atomic mass is 9.74. The third kappa shape index (κ3) is 6.06.